The minimum Gasteiger partial charge on any atom is -0.390 e. The number of hydrogen-bond donors (Lipinski definition) is 1. The van der Waals surface area contributed by atoms with Crippen LogP contribution in [0.1, 0.15) is 37.0 Å². The van der Waals surface area contributed by atoms with Gasteiger partial charge in [0.15, 0.2) is 11.0 Å². The van der Waals surface area contributed by atoms with Gasteiger partial charge in [-0.05, 0) is 37.3 Å². The molecular formula is C23H27N3O2S. The van der Waals surface area contributed by atoms with Crippen molar-refractivity contribution < 1.29 is 9.84 Å². The van der Waals surface area contributed by atoms with Gasteiger partial charge in [-0.1, -0.05) is 66.4 Å². The van der Waals surface area contributed by atoms with Crippen molar-refractivity contribution >= 4 is 11.8 Å². The Morgan fingerprint density at radius 3 is 2.76 bits per heavy atom. The Balaban J connectivity index is 1.34. The normalized spacial score (nSPS) is 17.1. The van der Waals surface area contributed by atoms with E-state index in [1.165, 1.54) is 22.9 Å². The molecule has 5 nitrogen and oxygen atoms in total. The van der Waals surface area contributed by atoms with E-state index >= 15 is 0 Å². The van der Waals surface area contributed by atoms with Crippen molar-refractivity contribution in [1.82, 2.24) is 14.8 Å². The zero-order valence-corrected chi connectivity index (χ0v) is 17.5. The molecule has 1 aromatic heterocycles. The van der Waals surface area contributed by atoms with E-state index in [0.29, 0.717) is 12.4 Å². The van der Waals surface area contributed by atoms with Crippen LogP contribution in [0.3, 0.4) is 0 Å². The molecule has 0 fully saturated rings. The summed E-state index contributed by atoms with van der Waals surface area (Å²) in [5.74, 6) is 1.39. The number of nitrogens with zero attached hydrogens (tertiary/aromatic N) is 3. The standard InChI is InChI=1S/C23H27N3O2S/c1-2-26-22(18-10-4-3-5-11-18)24-25-23(26)29-16-19(27)15-28-21-14-8-12-17-9-6-7-13-20(17)21/h3-7,9-11,13,19,21,27H,2,8,12,14-16H2,1H3/t19-,21-/m1/s1. The van der Waals surface area contributed by atoms with E-state index in [1.807, 2.05) is 30.3 Å². The molecule has 1 aliphatic carbocycles. The number of benzene rings is 2. The highest BCUT2D eigenvalue weighted by atomic mass is 32.2. The quantitative estimate of drug-likeness (QED) is 0.555. The third-order valence-corrected chi connectivity index (χ3v) is 6.39. The maximum atomic E-state index is 10.5. The molecule has 2 aromatic carbocycles. The van der Waals surface area contributed by atoms with Crippen LogP contribution >= 0.6 is 11.8 Å². The molecule has 0 unspecified atom stereocenters. The molecule has 3 aromatic rings. The first kappa shape index (κ1) is 20.1. The highest BCUT2D eigenvalue weighted by Gasteiger charge is 2.22. The van der Waals surface area contributed by atoms with E-state index in [1.54, 1.807) is 0 Å². The number of rotatable bonds is 8. The Kier molecular flexibility index (Phi) is 6.64. The Bertz CT molecular complexity index is 929. The van der Waals surface area contributed by atoms with Crippen LogP contribution in [0.5, 0.6) is 0 Å². The number of aromatic nitrogens is 3. The minimum absolute atomic E-state index is 0.0866. The van der Waals surface area contributed by atoms with E-state index in [-0.39, 0.29) is 6.10 Å². The molecule has 2 atom stereocenters. The van der Waals surface area contributed by atoms with Gasteiger partial charge in [0.1, 0.15) is 0 Å². The predicted molar refractivity (Wildman–Crippen MR) is 116 cm³/mol. The van der Waals surface area contributed by atoms with Gasteiger partial charge < -0.3 is 14.4 Å². The van der Waals surface area contributed by atoms with Gasteiger partial charge in [0.05, 0.1) is 18.8 Å². The number of aliphatic hydroxyl groups excluding tert-OH is 1. The fraction of sp³-hybridized carbons (Fsp3) is 0.391. The van der Waals surface area contributed by atoms with Crippen LogP contribution in [0, 0.1) is 0 Å². The van der Waals surface area contributed by atoms with E-state index in [9.17, 15) is 5.11 Å². The largest absolute Gasteiger partial charge is 0.390 e. The second-order valence-corrected chi connectivity index (χ2v) is 8.28. The number of aliphatic hydroxyl groups is 1. The molecule has 0 amide bonds. The first-order chi connectivity index (χ1) is 14.3. The summed E-state index contributed by atoms with van der Waals surface area (Å²) in [6.45, 7) is 3.20. The summed E-state index contributed by atoms with van der Waals surface area (Å²) in [7, 11) is 0. The van der Waals surface area contributed by atoms with E-state index < -0.39 is 6.10 Å². The summed E-state index contributed by atoms with van der Waals surface area (Å²) in [6.07, 6.45) is 2.81. The molecule has 1 heterocycles. The zero-order valence-electron chi connectivity index (χ0n) is 16.7. The van der Waals surface area contributed by atoms with Crippen LogP contribution in [0.15, 0.2) is 59.8 Å². The Labute approximate surface area is 176 Å². The molecule has 0 saturated heterocycles. The van der Waals surface area contributed by atoms with E-state index in [2.05, 4.69) is 46.0 Å². The van der Waals surface area contributed by atoms with Crippen molar-refractivity contribution in [2.24, 2.45) is 0 Å². The Hall–Kier alpha value is -2.15. The van der Waals surface area contributed by atoms with Crippen LogP contribution in [0.25, 0.3) is 11.4 Å². The van der Waals surface area contributed by atoms with Crippen LogP contribution in [0.4, 0.5) is 0 Å². The second kappa shape index (κ2) is 9.57. The summed E-state index contributed by atoms with van der Waals surface area (Å²) in [5.41, 5.74) is 3.70. The molecule has 29 heavy (non-hydrogen) atoms. The first-order valence-corrected chi connectivity index (χ1v) is 11.2. The summed E-state index contributed by atoms with van der Waals surface area (Å²) in [4.78, 5) is 0. The maximum Gasteiger partial charge on any atom is 0.191 e. The molecule has 152 valence electrons. The number of ether oxygens (including phenoxy) is 1. The highest BCUT2D eigenvalue weighted by Crippen LogP contribution is 2.32. The molecular weight excluding hydrogens is 382 g/mol. The third kappa shape index (κ3) is 4.71. The van der Waals surface area contributed by atoms with Crippen molar-refractivity contribution in [2.45, 2.75) is 50.1 Å². The highest BCUT2D eigenvalue weighted by molar-refractivity contribution is 7.99. The Morgan fingerprint density at radius 1 is 1.14 bits per heavy atom. The molecule has 1 N–H and O–H groups in total. The summed E-state index contributed by atoms with van der Waals surface area (Å²) >= 11 is 1.53. The van der Waals surface area contributed by atoms with Gasteiger partial charge in [-0.25, -0.2) is 0 Å². The van der Waals surface area contributed by atoms with Gasteiger partial charge in [0, 0.05) is 17.9 Å². The fourth-order valence-electron chi connectivity index (χ4n) is 3.81. The van der Waals surface area contributed by atoms with E-state index in [0.717, 1.165) is 42.4 Å². The maximum absolute atomic E-state index is 10.5. The van der Waals surface area contributed by atoms with Gasteiger partial charge >= 0.3 is 0 Å². The SMILES string of the molecule is CCn1c(SC[C@H](O)CO[C@@H]2CCCc3ccccc32)nnc1-c1ccccc1. The Morgan fingerprint density at radius 2 is 1.93 bits per heavy atom. The lowest BCUT2D eigenvalue weighted by Gasteiger charge is -2.26. The number of hydrogen-bond acceptors (Lipinski definition) is 5. The van der Waals surface area contributed by atoms with Gasteiger partial charge in [-0.3, -0.25) is 0 Å². The van der Waals surface area contributed by atoms with E-state index in [4.69, 9.17) is 4.74 Å². The zero-order chi connectivity index (χ0) is 20.1. The van der Waals surface area contributed by atoms with Crippen LogP contribution in [0.2, 0.25) is 0 Å². The number of thioether (sulfide) groups is 1. The summed E-state index contributed by atoms with van der Waals surface area (Å²) in [5, 5.41) is 20.0. The smallest absolute Gasteiger partial charge is 0.191 e. The topological polar surface area (TPSA) is 60.2 Å². The first-order valence-electron chi connectivity index (χ1n) is 10.2. The lowest BCUT2D eigenvalue weighted by Crippen LogP contribution is -2.22. The van der Waals surface area contributed by atoms with Gasteiger partial charge in [-0.15, -0.1) is 10.2 Å². The molecule has 0 aliphatic heterocycles. The van der Waals surface area contributed by atoms with Crippen LogP contribution in [-0.2, 0) is 17.7 Å². The van der Waals surface area contributed by atoms with Crippen molar-refractivity contribution in [1.29, 1.82) is 0 Å². The van der Waals surface area contributed by atoms with Crippen LogP contribution in [-0.4, -0.2) is 38.3 Å². The lowest BCUT2D eigenvalue weighted by molar-refractivity contribution is -0.00961. The van der Waals surface area contributed by atoms with Gasteiger partial charge in [0.2, 0.25) is 0 Å². The summed E-state index contributed by atoms with van der Waals surface area (Å²) < 4.78 is 8.17. The molecule has 4 rings (SSSR count). The molecule has 0 spiro atoms. The molecule has 1 aliphatic rings. The van der Waals surface area contributed by atoms with Gasteiger partial charge in [0.25, 0.3) is 0 Å². The number of fused-ring (bicyclic) bond motifs is 1. The monoisotopic (exact) mass is 409 g/mol. The minimum atomic E-state index is -0.545. The van der Waals surface area contributed by atoms with Crippen molar-refractivity contribution in [3.05, 3.63) is 65.7 Å². The predicted octanol–water partition coefficient (Wildman–Crippen LogP) is 4.51. The van der Waals surface area contributed by atoms with Crippen molar-refractivity contribution in [3.63, 3.8) is 0 Å². The third-order valence-electron chi connectivity index (χ3n) is 5.27. The van der Waals surface area contributed by atoms with Gasteiger partial charge in [-0.2, -0.15) is 0 Å². The number of aryl methyl sites for hydroxylation is 1. The average Bonchev–Trinajstić information content (AvgIpc) is 3.19. The lowest BCUT2D eigenvalue weighted by atomic mass is 9.89. The molecule has 0 saturated carbocycles. The second-order valence-electron chi connectivity index (χ2n) is 7.29. The average molecular weight is 410 g/mol. The summed E-state index contributed by atoms with van der Waals surface area (Å²) in [6, 6.07) is 18.5. The molecule has 0 bridgehead atoms. The fourth-order valence-corrected chi connectivity index (χ4v) is 4.72. The van der Waals surface area contributed by atoms with Crippen molar-refractivity contribution in [3.8, 4) is 11.4 Å². The van der Waals surface area contributed by atoms with Crippen molar-refractivity contribution in [2.75, 3.05) is 12.4 Å². The molecule has 0 radical (unpaired) electrons. The van der Waals surface area contributed by atoms with Crippen LogP contribution < -0.4 is 0 Å². The molecule has 6 heteroatoms.